The first-order valence-electron chi connectivity index (χ1n) is 4.91. The highest BCUT2D eigenvalue weighted by Gasteiger charge is 2.14. The highest BCUT2D eigenvalue weighted by atomic mass is 32.2. The van der Waals surface area contributed by atoms with Gasteiger partial charge in [0.05, 0.1) is 16.9 Å². The van der Waals surface area contributed by atoms with Gasteiger partial charge in [-0.05, 0) is 25.5 Å². The molecule has 3 heteroatoms. The second-order valence-electron chi connectivity index (χ2n) is 3.47. The van der Waals surface area contributed by atoms with Crippen molar-refractivity contribution >= 4 is 10.8 Å². The lowest BCUT2D eigenvalue weighted by molar-refractivity contribution is 0.215. The number of aliphatic hydroxyl groups excluding tert-OH is 1. The van der Waals surface area contributed by atoms with Crippen LogP contribution in [0.25, 0.3) is 0 Å². The molecule has 0 amide bonds. The molecule has 1 aromatic carbocycles. The molecule has 0 radical (unpaired) electrons. The molecule has 82 valence electrons. The van der Waals surface area contributed by atoms with Crippen molar-refractivity contribution in [3.05, 3.63) is 41.3 Å². The van der Waals surface area contributed by atoms with E-state index in [2.05, 4.69) is 6.58 Å². The lowest BCUT2D eigenvalue weighted by Crippen LogP contribution is -2.12. The van der Waals surface area contributed by atoms with E-state index in [9.17, 15) is 9.32 Å². The molecule has 1 rings (SSSR count). The van der Waals surface area contributed by atoms with Gasteiger partial charge in [0.25, 0.3) is 0 Å². The van der Waals surface area contributed by atoms with E-state index in [1.54, 1.807) is 12.1 Å². The van der Waals surface area contributed by atoms with Gasteiger partial charge >= 0.3 is 0 Å². The van der Waals surface area contributed by atoms with Crippen LogP contribution >= 0.6 is 0 Å². The van der Waals surface area contributed by atoms with Gasteiger partial charge in [-0.2, -0.15) is 0 Å². The van der Waals surface area contributed by atoms with Gasteiger partial charge in [-0.3, -0.25) is 0 Å². The van der Waals surface area contributed by atoms with E-state index in [1.807, 2.05) is 26.0 Å². The monoisotopic (exact) mass is 224 g/mol. The molecule has 0 bridgehead atoms. The normalized spacial score (nSPS) is 14.6. The SMILES string of the molecule is C=C(C(O)CC)[S@@](=O)c1ccc(C)cc1. The topological polar surface area (TPSA) is 37.3 Å². The quantitative estimate of drug-likeness (QED) is 0.852. The van der Waals surface area contributed by atoms with E-state index in [0.717, 1.165) is 5.56 Å². The molecule has 15 heavy (non-hydrogen) atoms. The van der Waals surface area contributed by atoms with Crippen molar-refractivity contribution in [2.75, 3.05) is 0 Å². The van der Waals surface area contributed by atoms with Crippen molar-refractivity contribution in [1.82, 2.24) is 0 Å². The molecule has 0 spiro atoms. The van der Waals surface area contributed by atoms with Crippen molar-refractivity contribution in [3.8, 4) is 0 Å². The standard InChI is InChI=1S/C12H16O2S/c1-4-12(13)10(3)15(14)11-7-5-9(2)6-8-11/h5-8,12-13H,3-4H2,1-2H3/t12?,15-/m1/s1. The third-order valence-corrected chi connectivity index (χ3v) is 3.68. The molecule has 1 unspecified atom stereocenters. The summed E-state index contributed by atoms with van der Waals surface area (Å²) < 4.78 is 11.9. The zero-order valence-electron chi connectivity index (χ0n) is 9.06. The average Bonchev–Trinajstić information content (AvgIpc) is 2.27. The van der Waals surface area contributed by atoms with Gasteiger partial charge in [-0.1, -0.05) is 31.2 Å². The predicted molar refractivity (Wildman–Crippen MR) is 63.0 cm³/mol. The fourth-order valence-corrected chi connectivity index (χ4v) is 2.26. The summed E-state index contributed by atoms with van der Waals surface area (Å²) in [6.45, 7) is 7.48. The smallest absolute Gasteiger partial charge is 0.0868 e. The number of aliphatic hydroxyl groups is 1. The lowest BCUT2D eigenvalue weighted by atomic mass is 10.2. The van der Waals surface area contributed by atoms with Gasteiger partial charge in [-0.25, -0.2) is 4.21 Å². The predicted octanol–water partition coefficient (Wildman–Crippen LogP) is 2.39. The molecule has 0 aliphatic heterocycles. The molecule has 0 aromatic heterocycles. The Labute approximate surface area is 93.1 Å². The summed E-state index contributed by atoms with van der Waals surface area (Å²) in [6.07, 6.45) is -0.150. The number of hydrogen-bond donors (Lipinski definition) is 1. The summed E-state index contributed by atoms with van der Waals surface area (Å²) in [6, 6.07) is 7.41. The van der Waals surface area contributed by atoms with E-state index in [1.165, 1.54) is 0 Å². The van der Waals surface area contributed by atoms with E-state index in [4.69, 9.17) is 0 Å². The first kappa shape index (κ1) is 12.1. The maximum Gasteiger partial charge on any atom is 0.0868 e. The van der Waals surface area contributed by atoms with Crippen LogP contribution in [0.2, 0.25) is 0 Å². The van der Waals surface area contributed by atoms with Gasteiger partial charge in [0.2, 0.25) is 0 Å². The molecular formula is C12H16O2S. The lowest BCUT2D eigenvalue weighted by Gasteiger charge is -2.11. The van der Waals surface area contributed by atoms with Crippen molar-refractivity contribution in [3.63, 3.8) is 0 Å². The summed E-state index contributed by atoms with van der Waals surface area (Å²) in [7, 11) is -1.31. The van der Waals surface area contributed by atoms with Crippen LogP contribution in [0.5, 0.6) is 0 Å². The van der Waals surface area contributed by atoms with Crippen LogP contribution in [0, 0.1) is 6.92 Å². The summed E-state index contributed by atoms with van der Waals surface area (Å²) in [5.74, 6) is 0. The second kappa shape index (κ2) is 5.24. The van der Waals surface area contributed by atoms with E-state index in [-0.39, 0.29) is 0 Å². The Morgan fingerprint density at radius 1 is 1.47 bits per heavy atom. The molecule has 1 N–H and O–H groups in total. The van der Waals surface area contributed by atoms with E-state index in [0.29, 0.717) is 16.2 Å². The van der Waals surface area contributed by atoms with Crippen LogP contribution in [-0.2, 0) is 10.8 Å². The Kier molecular flexibility index (Phi) is 4.24. The molecule has 0 aliphatic rings. The second-order valence-corrected chi connectivity index (χ2v) is 5.01. The molecule has 1 aromatic rings. The third-order valence-electron chi connectivity index (χ3n) is 2.23. The number of benzene rings is 1. The number of aryl methyl sites for hydroxylation is 1. The average molecular weight is 224 g/mol. The Morgan fingerprint density at radius 3 is 2.47 bits per heavy atom. The molecule has 0 heterocycles. The minimum atomic E-state index is -1.31. The third kappa shape index (κ3) is 3.01. The largest absolute Gasteiger partial charge is 0.388 e. The molecule has 0 saturated carbocycles. The minimum absolute atomic E-state index is 0.376. The van der Waals surface area contributed by atoms with E-state index >= 15 is 0 Å². The first-order valence-corrected chi connectivity index (χ1v) is 6.06. The van der Waals surface area contributed by atoms with Gasteiger partial charge in [-0.15, -0.1) is 0 Å². The Hall–Kier alpha value is -0.930. The molecule has 0 aliphatic carbocycles. The highest BCUT2D eigenvalue weighted by Crippen LogP contribution is 2.17. The number of rotatable bonds is 4. The van der Waals surface area contributed by atoms with Gasteiger partial charge in [0.15, 0.2) is 0 Å². The summed E-state index contributed by atoms with van der Waals surface area (Å²) in [5.41, 5.74) is 1.12. The summed E-state index contributed by atoms with van der Waals surface area (Å²) >= 11 is 0. The molecule has 0 saturated heterocycles. The summed E-state index contributed by atoms with van der Waals surface area (Å²) in [5, 5.41) is 9.52. The molecule has 0 fully saturated rings. The Balaban J connectivity index is 2.85. The van der Waals surface area contributed by atoms with Gasteiger partial charge < -0.3 is 5.11 Å². The minimum Gasteiger partial charge on any atom is -0.388 e. The van der Waals surface area contributed by atoms with Gasteiger partial charge in [0.1, 0.15) is 0 Å². The van der Waals surface area contributed by atoms with E-state index < -0.39 is 16.9 Å². The molecule has 2 nitrogen and oxygen atoms in total. The van der Waals surface area contributed by atoms with Crippen LogP contribution in [0.4, 0.5) is 0 Å². The van der Waals surface area contributed by atoms with Crippen molar-refractivity contribution in [2.45, 2.75) is 31.3 Å². The molecular weight excluding hydrogens is 208 g/mol. The van der Waals surface area contributed by atoms with Crippen molar-refractivity contribution in [1.29, 1.82) is 0 Å². The van der Waals surface area contributed by atoms with Crippen LogP contribution in [0.15, 0.2) is 40.6 Å². The fourth-order valence-electron chi connectivity index (χ4n) is 1.16. The Morgan fingerprint density at radius 2 is 2.00 bits per heavy atom. The van der Waals surface area contributed by atoms with Crippen molar-refractivity contribution < 1.29 is 9.32 Å². The zero-order valence-corrected chi connectivity index (χ0v) is 9.88. The number of hydrogen-bond acceptors (Lipinski definition) is 2. The zero-order chi connectivity index (χ0) is 11.4. The van der Waals surface area contributed by atoms with Crippen LogP contribution in [0.1, 0.15) is 18.9 Å². The van der Waals surface area contributed by atoms with Crippen LogP contribution in [-0.4, -0.2) is 15.4 Å². The van der Waals surface area contributed by atoms with Crippen LogP contribution < -0.4 is 0 Å². The highest BCUT2D eigenvalue weighted by molar-refractivity contribution is 7.89. The van der Waals surface area contributed by atoms with Gasteiger partial charge in [0, 0.05) is 9.80 Å². The maximum atomic E-state index is 11.9. The van der Waals surface area contributed by atoms with Crippen LogP contribution in [0.3, 0.4) is 0 Å². The first-order chi connectivity index (χ1) is 7.06. The van der Waals surface area contributed by atoms with Crippen molar-refractivity contribution in [2.24, 2.45) is 0 Å². The summed E-state index contributed by atoms with van der Waals surface area (Å²) in [4.78, 5) is 1.07. The Bertz CT molecular complexity index is 368. The fraction of sp³-hybridized carbons (Fsp3) is 0.333. The molecule has 2 atom stereocenters. The maximum absolute atomic E-state index is 11.9.